The fourth-order valence-electron chi connectivity index (χ4n) is 8.80. The van der Waals surface area contributed by atoms with Crippen LogP contribution in [0.3, 0.4) is 0 Å². The van der Waals surface area contributed by atoms with Crippen LogP contribution >= 0.6 is 0 Å². The Bertz CT molecular complexity index is 892. The Balaban J connectivity index is 1.77. The van der Waals surface area contributed by atoms with E-state index >= 15 is 0 Å². The third-order valence-electron chi connectivity index (χ3n) is 11.6. The van der Waals surface area contributed by atoms with Crippen molar-refractivity contribution in [3.63, 3.8) is 0 Å². The molecule has 4 aliphatic carbocycles. The second-order valence-corrected chi connectivity index (χ2v) is 13.4. The van der Waals surface area contributed by atoms with Crippen LogP contribution in [-0.4, -0.2) is 72.0 Å². The molecule has 4 rings (SSSR count). The van der Waals surface area contributed by atoms with Gasteiger partial charge in [0.25, 0.3) is 0 Å². The third kappa shape index (κ3) is 3.56. The molecule has 0 spiro atoms. The second kappa shape index (κ2) is 8.34. The number of ketones is 1. The van der Waals surface area contributed by atoms with E-state index in [1.807, 2.05) is 20.8 Å². The van der Waals surface area contributed by atoms with E-state index in [0.29, 0.717) is 37.7 Å². The molecule has 0 amide bonds. The van der Waals surface area contributed by atoms with Crippen molar-refractivity contribution in [1.82, 2.24) is 0 Å². The van der Waals surface area contributed by atoms with Crippen LogP contribution in [0.1, 0.15) is 86.5 Å². The molecule has 0 aliphatic heterocycles. The number of fused-ring (bicyclic) bond motifs is 5. The first-order valence-corrected chi connectivity index (χ1v) is 13.4. The van der Waals surface area contributed by atoms with Crippen LogP contribution in [-0.2, 0) is 4.79 Å². The van der Waals surface area contributed by atoms with E-state index in [4.69, 9.17) is 0 Å². The third-order valence-corrected chi connectivity index (χ3v) is 11.6. The number of carbonyl (C=O) groups is 1. The maximum absolute atomic E-state index is 13.4. The summed E-state index contributed by atoms with van der Waals surface area (Å²) in [6.45, 7) is 10.9. The largest absolute Gasteiger partial charge is 0.393 e. The predicted octanol–water partition coefficient (Wildman–Crippen LogP) is 2.10. The first kappa shape index (κ1) is 27.2. The highest BCUT2D eigenvalue weighted by atomic mass is 16.3. The Kier molecular flexibility index (Phi) is 6.48. The number of aliphatic hydroxyl groups is 6. The minimum absolute atomic E-state index is 0.117. The first-order valence-electron chi connectivity index (χ1n) is 13.4. The van der Waals surface area contributed by atoms with Crippen LogP contribution < -0.4 is 0 Å². The van der Waals surface area contributed by atoms with Crippen molar-refractivity contribution >= 4 is 5.78 Å². The van der Waals surface area contributed by atoms with Crippen LogP contribution in [0.25, 0.3) is 0 Å². The Morgan fingerprint density at radius 3 is 2.26 bits per heavy atom. The first-order chi connectivity index (χ1) is 16.0. The summed E-state index contributed by atoms with van der Waals surface area (Å²) < 4.78 is 0. The van der Waals surface area contributed by atoms with Gasteiger partial charge in [0.05, 0.1) is 35.6 Å². The molecule has 3 saturated carbocycles. The molecule has 0 bridgehead atoms. The number of rotatable bonds is 5. The second-order valence-electron chi connectivity index (χ2n) is 13.4. The van der Waals surface area contributed by atoms with Crippen molar-refractivity contribution in [2.45, 2.75) is 122 Å². The minimum atomic E-state index is -1.38. The van der Waals surface area contributed by atoms with Crippen LogP contribution in [0.5, 0.6) is 0 Å². The van der Waals surface area contributed by atoms with E-state index in [2.05, 4.69) is 0 Å². The maximum Gasteiger partial charge on any atom is 0.159 e. The molecule has 0 aromatic rings. The number of hydrogen-bond donors (Lipinski definition) is 6. The molecule has 7 nitrogen and oxygen atoms in total. The predicted molar refractivity (Wildman–Crippen MR) is 131 cm³/mol. The van der Waals surface area contributed by atoms with E-state index in [0.717, 1.165) is 0 Å². The van der Waals surface area contributed by atoms with Crippen molar-refractivity contribution < 1.29 is 35.4 Å². The van der Waals surface area contributed by atoms with Gasteiger partial charge in [0, 0.05) is 16.7 Å². The average Bonchev–Trinajstić information content (AvgIpc) is 2.98. The van der Waals surface area contributed by atoms with Crippen LogP contribution in [0, 0.1) is 34.0 Å². The molecular weight excluding hydrogens is 448 g/mol. The molecule has 7 heteroatoms. The highest BCUT2D eigenvalue weighted by Crippen LogP contribution is 2.72. The van der Waals surface area contributed by atoms with Gasteiger partial charge in [-0.15, -0.1) is 0 Å². The number of carbonyl (C=O) groups excluding carboxylic acids is 1. The molecule has 35 heavy (non-hydrogen) atoms. The van der Waals surface area contributed by atoms with Gasteiger partial charge in [-0.25, -0.2) is 0 Å². The van der Waals surface area contributed by atoms with Gasteiger partial charge in [-0.1, -0.05) is 20.8 Å². The van der Waals surface area contributed by atoms with Crippen LogP contribution in [0.4, 0.5) is 0 Å². The standard InChI is InChI=1S/C28H46O7/c1-15(24(3,4)34)11-23(33)27(16(2)29)9-10-28(35)18-12-20(30)19-13-21(31)22(32)14-25(19,5)17(18)7-8-26(27,28)6/h12,15-17,19,21-23,29,31-35H,7-11,13-14H2,1-6H3/t15-,16-,17-,19-,21+,22-,23+,25+,26+,27+,28+/m0/s1. The summed E-state index contributed by atoms with van der Waals surface area (Å²) in [7, 11) is 0. The molecule has 0 aromatic carbocycles. The molecule has 6 N–H and O–H groups in total. The highest BCUT2D eigenvalue weighted by Gasteiger charge is 2.73. The van der Waals surface area contributed by atoms with Gasteiger partial charge in [-0.05, 0) is 94.6 Å². The summed E-state index contributed by atoms with van der Waals surface area (Å²) >= 11 is 0. The van der Waals surface area contributed by atoms with Crippen LogP contribution in [0.2, 0.25) is 0 Å². The fourth-order valence-corrected chi connectivity index (χ4v) is 8.80. The molecule has 11 atom stereocenters. The topological polar surface area (TPSA) is 138 Å². The Morgan fingerprint density at radius 1 is 1.06 bits per heavy atom. The fraction of sp³-hybridized carbons (Fsp3) is 0.893. The summed E-state index contributed by atoms with van der Waals surface area (Å²) in [6, 6.07) is 0. The van der Waals surface area contributed by atoms with Crippen molar-refractivity contribution in [3.8, 4) is 0 Å². The minimum Gasteiger partial charge on any atom is -0.393 e. The molecule has 0 unspecified atom stereocenters. The lowest BCUT2D eigenvalue weighted by molar-refractivity contribution is -0.198. The smallest absolute Gasteiger partial charge is 0.159 e. The zero-order valence-corrected chi connectivity index (χ0v) is 22.2. The highest BCUT2D eigenvalue weighted by molar-refractivity contribution is 5.95. The normalized spacial score (nSPS) is 48.3. The SMILES string of the molecule is C[C@H](O)[C@@]1([C@H](O)C[C@H](C)C(C)(C)O)CC[C@@]2(O)C3=CC(=O)[C@@H]4C[C@@H](O)[C@@H](O)C[C@]4(C)[C@H]3CC[C@]12C. The van der Waals surface area contributed by atoms with Gasteiger partial charge in [-0.2, -0.15) is 0 Å². The molecule has 0 radical (unpaired) electrons. The number of aliphatic hydroxyl groups excluding tert-OH is 4. The summed E-state index contributed by atoms with van der Waals surface area (Å²) in [5, 5.41) is 66.5. The Labute approximate surface area is 209 Å². The van der Waals surface area contributed by atoms with Gasteiger partial charge in [-0.3, -0.25) is 4.79 Å². The van der Waals surface area contributed by atoms with Gasteiger partial charge < -0.3 is 30.6 Å². The summed E-state index contributed by atoms with van der Waals surface area (Å²) in [6.07, 6.45) is 0.642. The quantitative estimate of drug-likeness (QED) is 0.344. The molecule has 4 aliphatic rings. The van der Waals surface area contributed by atoms with Crippen molar-refractivity contribution in [1.29, 1.82) is 0 Å². The monoisotopic (exact) mass is 494 g/mol. The lowest BCUT2D eigenvalue weighted by Gasteiger charge is -2.62. The van der Waals surface area contributed by atoms with Gasteiger partial charge in [0.15, 0.2) is 5.78 Å². The molecule has 0 saturated heterocycles. The van der Waals surface area contributed by atoms with Gasteiger partial charge in [0.2, 0.25) is 0 Å². The Morgan fingerprint density at radius 2 is 1.69 bits per heavy atom. The number of hydrogen-bond acceptors (Lipinski definition) is 7. The van der Waals surface area contributed by atoms with Crippen LogP contribution in [0.15, 0.2) is 11.6 Å². The average molecular weight is 495 g/mol. The summed E-state index contributed by atoms with van der Waals surface area (Å²) in [5.74, 6) is -0.869. The van der Waals surface area contributed by atoms with E-state index in [1.54, 1.807) is 26.8 Å². The molecular formula is C28H46O7. The molecule has 0 heterocycles. The lowest BCUT2D eigenvalue weighted by atomic mass is 9.43. The van der Waals surface area contributed by atoms with Crippen molar-refractivity contribution in [3.05, 3.63) is 11.6 Å². The molecule has 200 valence electrons. The van der Waals surface area contributed by atoms with Crippen molar-refractivity contribution in [2.75, 3.05) is 0 Å². The van der Waals surface area contributed by atoms with E-state index in [9.17, 15) is 35.4 Å². The van der Waals surface area contributed by atoms with E-state index < -0.39 is 57.8 Å². The zero-order valence-electron chi connectivity index (χ0n) is 22.2. The van der Waals surface area contributed by atoms with Crippen molar-refractivity contribution in [2.24, 2.45) is 34.0 Å². The maximum atomic E-state index is 13.4. The molecule has 0 aromatic heterocycles. The summed E-state index contributed by atoms with van der Waals surface area (Å²) in [4.78, 5) is 13.4. The van der Waals surface area contributed by atoms with Gasteiger partial charge >= 0.3 is 0 Å². The Hall–Kier alpha value is -0.830. The number of allylic oxidation sites excluding steroid dienone is 1. The molecule has 3 fully saturated rings. The van der Waals surface area contributed by atoms with E-state index in [-0.39, 0.29) is 30.5 Å². The van der Waals surface area contributed by atoms with E-state index in [1.165, 1.54) is 0 Å². The lowest BCUT2D eigenvalue weighted by Crippen LogP contribution is -2.65. The summed E-state index contributed by atoms with van der Waals surface area (Å²) in [5.41, 5.74) is -4.16. The van der Waals surface area contributed by atoms with Gasteiger partial charge in [0.1, 0.15) is 0 Å². The zero-order chi connectivity index (χ0) is 26.4.